The minimum Gasteiger partial charge on any atom is -0.478 e. The van der Waals surface area contributed by atoms with Crippen LogP contribution in [0.15, 0.2) is 16.6 Å². The maximum Gasteiger partial charge on any atom is 0.184 e. The van der Waals surface area contributed by atoms with Crippen LogP contribution in [0.3, 0.4) is 0 Å². The molecule has 2 heteroatoms. The Hall–Kier alpha value is -0.790. The van der Waals surface area contributed by atoms with E-state index in [-0.39, 0.29) is 5.54 Å². The van der Waals surface area contributed by atoms with Crippen molar-refractivity contribution in [2.45, 2.75) is 59.4 Å². The van der Waals surface area contributed by atoms with Crippen LogP contribution in [0.2, 0.25) is 0 Å². The Labute approximate surface area is 99.8 Å². The fourth-order valence-corrected chi connectivity index (χ4v) is 1.82. The molecular weight excluding hydrogens is 198 g/mol. The van der Waals surface area contributed by atoms with Crippen LogP contribution >= 0.6 is 0 Å². The van der Waals surface area contributed by atoms with Crippen molar-refractivity contribution in [3.63, 3.8) is 0 Å². The van der Waals surface area contributed by atoms with E-state index >= 15 is 0 Å². The Kier molecular flexibility index (Phi) is 4.57. The van der Waals surface area contributed by atoms with Crippen molar-refractivity contribution in [1.29, 1.82) is 0 Å². The van der Waals surface area contributed by atoms with E-state index in [1.165, 1.54) is 18.4 Å². The first kappa shape index (κ1) is 13.3. The fraction of sp³-hybridized carbons (Fsp3) is 0.786. The predicted octanol–water partition coefficient (Wildman–Crippen LogP) is 3.97. The largest absolute Gasteiger partial charge is 0.478 e. The van der Waals surface area contributed by atoms with Crippen molar-refractivity contribution in [2.24, 2.45) is 10.9 Å². The molecule has 0 aromatic carbocycles. The second-order valence-corrected chi connectivity index (χ2v) is 5.77. The zero-order chi connectivity index (χ0) is 12.2. The highest BCUT2D eigenvalue weighted by Crippen LogP contribution is 2.22. The molecule has 0 radical (unpaired) electrons. The van der Waals surface area contributed by atoms with Crippen molar-refractivity contribution in [2.75, 3.05) is 6.61 Å². The first-order valence-electron chi connectivity index (χ1n) is 6.24. The van der Waals surface area contributed by atoms with E-state index in [0.717, 1.165) is 18.9 Å². The lowest BCUT2D eigenvalue weighted by molar-refractivity contribution is 0.269. The summed E-state index contributed by atoms with van der Waals surface area (Å²) in [6.07, 6.45) is 5.67. The highest BCUT2D eigenvalue weighted by molar-refractivity contribution is 5.78. The lowest BCUT2D eigenvalue weighted by Crippen LogP contribution is -2.17. The summed E-state index contributed by atoms with van der Waals surface area (Å²) in [5.41, 5.74) is 1.40. The third kappa shape index (κ3) is 4.82. The Balaban J connectivity index is 2.30. The van der Waals surface area contributed by atoms with Gasteiger partial charge in [0.25, 0.3) is 0 Å². The summed E-state index contributed by atoms with van der Waals surface area (Å²) in [6.45, 7) is 11.6. The summed E-state index contributed by atoms with van der Waals surface area (Å²) in [7, 11) is 0. The zero-order valence-electron chi connectivity index (χ0n) is 11.3. The van der Waals surface area contributed by atoms with Crippen LogP contribution in [0.5, 0.6) is 0 Å². The van der Waals surface area contributed by atoms with Crippen LogP contribution in [0.25, 0.3) is 0 Å². The summed E-state index contributed by atoms with van der Waals surface area (Å²) in [5, 5.41) is 0. The molecule has 1 rings (SSSR count). The normalized spacial score (nSPS) is 19.9. The molecule has 0 bridgehead atoms. The first-order chi connectivity index (χ1) is 7.39. The molecule has 16 heavy (non-hydrogen) atoms. The molecule has 1 atom stereocenters. The number of nitrogens with zero attached hydrogens (tertiary/aromatic N) is 1. The molecule has 1 aliphatic rings. The Morgan fingerprint density at radius 1 is 1.50 bits per heavy atom. The molecule has 0 N–H and O–H groups in total. The summed E-state index contributed by atoms with van der Waals surface area (Å²) >= 11 is 0. The average Bonchev–Trinajstić information content (AvgIpc) is 2.44. The van der Waals surface area contributed by atoms with Gasteiger partial charge in [-0.15, -0.1) is 0 Å². The number of ether oxygens (including phenoxy) is 1. The molecule has 0 saturated carbocycles. The molecule has 0 aliphatic carbocycles. The minimum absolute atomic E-state index is 0.00500. The number of rotatable bonds is 5. The molecule has 0 aromatic rings. The molecular formula is C14H25NO. The van der Waals surface area contributed by atoms with Gasteiger partial charge >= 0.3 is 0 Å². The van der Waals surface area contributed by atoms with Crippen molar-refractivity contribution in [3.8, 4) is 0 Å². The molecule has 0 saturated heterocycles. The summed E-state index contributed by atoms with van der Waals surface area (Å²) < 4.78 is 5.60. The highest BCUT2D eigenvalue weighted by atomic mass is 16.5. The second kappa shape index (κ2) is 5.51. The summed E-state index contributed by atoms with van der Waals surface area (Å²) in [6, 6.07) is 0. The van der Waals surface area contributed by atoms with E-state index in [0.29, 0.717) is 5.92 Å². The molecule has 0 aromatic heterocycles. The van der Waals surface area contributed by atoms with Crippen LogP contribution in [0, 0.1) is 5.92 Å². The van der Waals surface area contributed by atoms with Crippen LogP contribution in [-0.4, -0.2) is 18.0 Å². The third-order valence-electron chi connectivity index (χ3n) is 2.75. The lowest BCUT2D eigenvalue weighted by Gasteiger charge is -2.09. The second-order valence-electron chi connectivity index (χ2n) is 5.77. The average molecular weight is 223 g/mol. The highest BCUT2D eigenvalue weighted by Gasteiger charge is 2.26. The molecule has 1 heterocycles. The van der Waals surface area contributed by atoms with Gasteiger partial charge < -0.3 is 4.74 Å². The lowest BCUT2D eigenvalue weighted by atomic mass is 10.0. The van der Waals surface area contributed by atoms with Crippen molar-refractivity contribution in [1.82, 2.24) is 0 Å². The molecule has 0 spiro atoms. The monoisotopic (exact) mass is 223 g/mol. The van der Waals surface area contributed by atoms with Gasteiger partial charge in [0, 0.05) is 6.42 Å². The van der Waals surface area contributed by atoms with Crippen molar-refractivity contribution in [3.05, 3.63) is 11.6 Å². The van der Waals surface area contributed by atoms with E-state index in [9.17, 15) is 0 Å². The topological polar surface area (TPSA) is 21.6 Å². The van der Waals surface area contributed by atoms with Gasteiger partial charge in [-0.3, -0.25) is 0 Å². The van der Waals surface area contributed by atoms with E-state index in [1.807, 2.05) is 0 Å². The van der Waals surface area contributed by atoms with Gasteiger partial charge in [-0.25, -0.2) is 4.99 Å². The smallest absolute Gasteiger partial charge is 0.184 e. The zero-order valence-corrected chi connectivity index (χ0v) is 11.3. The SMILES string of the molecule is CC(C)=CCCC(C)CC1=NC(C)(C)CO1. The Morgan fingerprint density at radius 3 is 2.69 bits per heavy atom. The van der Waals surface area contributed by atoms with Gasteiger partial charge in [-0.1, -0.05) is 18.6 Å². The summed E-state index contributed by atoms with van der Waals surface area (Å²) in [5.74, 6) is 1.61. The molecule has 92 valence electrons. The first-order valence-corrected chi connectivity index (χ1v) is 6.24. The van der Waals surface area contributed by atoms with Gasteiger partial charge in [0.15, 0.2) is 5.90 Å². The molecule has 2 nitrogen and oxygen atoms in total. The fourth-order valence-electron chi connectivity index (χ4n) is 1.82. The predicted molar refractivity (Wildman–Crippen MR) is 69.9 cm³/mol. The van der Waals surface area contributed by atoms with E-state index in [1.54, 1.807) is 0 Å². The molecule has 1 unspecified atom stereocenters. The van der Waals surface area contributed by atoms with Gasteiger partial charge in [-0.2, -0.15) is 0 Å². The molecule has 0 amide bonds. The van der Waals surface area contributed by atoms with Crippen LogP contribution in [-0.2, 0) is 4.74 Å². The van der Waals surface area contributed by atoms with Gasteiger partial charge in [0.2, 0.25) is 0 Å². The number of hydrogen-bond donors (Lipinski definition) is 0. The maximum atomic E-state index is 5.60. The third-order valence-corrected chi connectivity index (χ3v) is 2.75. The van der Waals surface area contributed by atoms with E-state index in [4.69, 9.17) is 4.74 Å². The van der Waals surface area contributed by atoms with E-state index in [2.05, 4.69) is 45.7 Å². The number of hydrogen-bond acceptors (Lipinski definition) is 2. The van der Waals surface area contributed by atoms with Gasteiger partial charge in [0.1, 0.15) is 6.61 Å². The number of allylic oxidation sites excluding steroid dienone is 2. The minimum atomic E-state index is -0.00500. The van der Waals surface area contributed by atoms with Crippen LogP contribution in [0.4, 0.5) is 0 Å². The van der Waals surface area contributed by atoms with Gasteiger partial charge in [0.05, 0.1) is 5.54 Å². The molecule has 1 aliphatic heterocycles. The Bertz CT molecular complexity index is 285. The van der Waals surface area contributed by atoms with Crippen molar-refractivity contribution >= 4 is 5.90 Å². The number of aliphatic imine (C=N–C) groups is 1. The van der Waals surface area contributed by atoms with E-state index < -0.39 is 0 Å². The Morgan fingerprint density at radius 2 is 2.19 bits per heavy atom. The van der Waals surface area contributed by atoms with Crippen LogP contribution < -0.4 is 0 Å². The standard InChI is InChI=1S/C14H25NO/c1-11(2)7-6-8-12(3)9-13-15-14(4,5)10-16-13/h7,12H,6,8-10H2,1-5H3. The summed E-state index contributed by atoms with van der Waals surface area (Å²) in [4.78, 5) is 4.58. The quantitative estimate of drug-likeness (QED) is 0.646. The molecule has 0 fully saturated rings. The van der Waals surface area contributed by atoms with Crippen LogP contribution in [0.1, 0.15) is 53.9 Å². The maximum absolute atomic E-state index is 5.60. The van der Waals surface area contributed by atoms with Crippen molar-refractivity contribution < 1.29 is 4.74 Å². The van der Waals surface area contributed by atoms with Gasteiger partial charge in [-0.05, 0) is 46.5 Å².